The zero-order chi connectivity index (χ0) is 17.3. The van der Waals surface area contributed by atoms with E-state index < -0.39 is 5.97 Å². The molecule has 23 heavy (non-hydrogen) atoms. The quantitative estimate of drug-likeness (QED) is 0.602. The minimum absolute atomic E-state index is 0.164. The summed E-state index contributed by atoms with van der Waals surface area (Å²) >= 11 is 1.55. The number of hydrogen-bond donors (Lipinski definition) is 0. The first-order valence-electron chi connectivity index (χ1n) is 7.68. The van der Waals surface area contributed by atoms with Crippen LogP contribution < -0.4 is 0 Å². The van der Waals surface area contributed by atoms with E-state index in [1.807, 2.05) is 33.8 Å². The number of esters is 1. The SMILES string of the molecule is Cc1cc(C(=O)OCC(=O)c2cc(C)n(C(C)C)c2C)c(C)s1. The van der Waals surface area contributed by atoms with Crippen LogP contribution in [0.1, 0.15) is 61.7 Å². The Hall–Kier alpha value is -1.88. The van der Waals surface area contributed by atoms with E-state index in [-0.39, 0.29) is 18.4 Å². The van der Waals surface area contributed by atoms with Crippen molar-refractivity contribution in [2.45, 2.75) is 47.6 Å². The minimum Gasteiger partial charge on any atom is -0.454 e. The van der Waals surface area contributed by atoms with E-state index in [0.717, 1.165) is 21.1 Å². The molecule has 124 valence electrons. The summed E-state index contributed by atoms with van der Waals surface area (Å²) in [6, 6.07) is 3.96. The maximum absolute atomic E-state index is 12.4. The largest absolute Gasteiger partial charge is 0.454 e. The number of ketones is 1. The molecule has 0 aliphatic carbocycles. The van der Waals surface area contributed by atoms with Gasteiger partial charge in [0.2, 0.25) is 5.78 Å². The summed E-state index contributed by atoms with van der Waals surface area (Å²) in [5, 5.41) is 0. The topological polar surface area (TPSA) is 48.3 Å². The van der Waals surface area contributed by atoms with Gasteiger partial charge < -0.3 is 9.30 Å². The number of aryl methyl sites for hydroxylation is 3. The molecular weight excluding hydrogens is 310 g/mol. The molecule has 5 heteroatoms. The zero-order valence-electron chi connectivity index (χ0n) is 14.5. The number of carbonyl (C=O) groups is 2. The summed E-state index contributed by atoms with van der Waals surface area (Å²) in [4.78, 5) is 26.5. The third-order valence-electron chi connectivity index (χ3n) is 3.90. The van der Waals surface area contributed by atoms with Crippen LogP contribution in [0.3, 0.4) is 0 Å². The van der Waals surface area contributed by atoms with E-state index in [0.29, 0.717) is 11.1 Å². The molecule has 0 N–H and O–H groups in total. The Labute approximate surface area is 141 Å². The summed E-state index contributed by atoms with van der Waals surface area (Å²) in [7, 11) is 0. The molecule has 0 amide bonds. The lowest BCUT2D eigenvalue weighted by Gasteiger charge is -2.13. The van der Waals surface area contributed by atoms with Crippen LogP contribution in [0.15, 0.2) is 12.1 Å². The molecule has 0 bridgehead atoms. The Morgan fingerprint density at radius 2 is 1.78 bits per heavy atom. The van der Waals surface area contributed by atoms with Gasteiger partial charge in [-0.2, -0.15) is 0 Å². The standard InChI is InChI=1S/C18H23NO3S/c1-10(2)19-11(3)7-15(13(19)5)17(20)9-22-18(21)16-8-12(4)23-14(16)6/h7-8,10H,9H2,1-6H3. The van der Waals surface area contributed by atoms with Crippen molar-refractivity contribution in [2.75, 3.05) is 6.61 Å². The predicted molar refractivity (Wildman–Crippen MR) is 92.7 cm³/mol. The lowest BCUT2D eigenvalue weighted by atomic mass is 10.1. The van der Waals surface area contributed by atoms with Crippen LogP contribution in [0.2, 0.25) is 0 Å². The number of Topliss-reactive ketones (excluding diaryl/α,β-unsaturated/α-hetero) is 1. The van der Waals surface area contributed by atoms with E-state index in [2.05, 4.69) is 18.4 Å². The van der Waals surface area contributed by atoms with E-state index in [4.69, 9.17) is 4.74 Å². The number of hydrogen-bond acceptors (Lipinski definition) is 4. The van der Waals surface area contributed by atoms with Gasteiger partial charge in [-0.3, -0.25) is 4.79 Å². The maximum atomic E-state index is 12.4. The fraction of sp³-hybridized carbons (Fsp3) is 0.444. The highest BCUT2D eigenvalue weighted by Crippen LogP contribution is 2.22. The average molecular weight is 333 g/mol. The summed E-state index contributed by atoms with van der Waals surface area (Å²) < 4.78 is 7.32. The van der Waals surface area contributed by atoms with E-state index in [9.17, 15) is 9.59 Å². The second-order valence-electron chi connectivity index (χ2n) is 6.07. The maximum Gasteiger partial charge on any atom is 0.339 e. The third kappa shape index (κ3) is 3.55. The Bertz CT molecular complexity index is 753. The highest BCUT2D eigenvalue weighted by molar-refractivity contribution is 7.12. The van der Waals surface area contributed by atoms with Gasteiger partial charge in [0.15, 0.2) is 6.61 Å². The van der Waals surface area contributed by atoms with Crippen LogP contribution in [0.4, 0.5) is 0 Å². The summed E-state index contributed by atoms with van der Waals surface area (Å²) in [6.45, 7) is 11.7. The summed E-state index contributed by atoms with van der Waals surface area (Å²) in [5.74, 6) is -0.596. The molecule has 0 aliphatic rings. The number of nitrogens with zero attached hydrogens (tertiary/aromatic N) is 1. The van der Waals surface area contributed by atoms with Crippen LogP contribution >= 0.6 is 11.3 Å². The Kier molecular flexibility index (Phi) is 5.09. The fourth-order valence-electron chi connectivity index (χ4n) is 2.97. The summed E-state index contributed by atoms with van der Waals surface area (Å²) in [6.07, 6.45) is 0. The number of aromatic nitrogens is 1. The molecule has 0 fully saturated rings. The van der Waals surface area contributed by atoms with Gasteiger partial charge in [0, 0.05) is 32.7 Å². The van der Waals surface area contributed by atoms with Crippen molar-refractivity contribution in [2.24, 2.45) is 0 Å². The van der Waals surface area contributed by atoms with Crippen LogP contribution in [0.5, 0.6) is 0 Å². The molecule has 2 rings (SSSR count). The molecule has 0 radical (unpaired) electrons. The van der Waals surface area contributed by atoms with Crippen molar-refractivity contribution >= 4 is 23.1 Å². The molecule has 0 aliphatic heterocycles. The van der Waals surface area contributed by atoms with Crippen molar-refractivity contribution in [1.29, 1.82) is 0 Å². The minimum atomic E-state index is -0.433. The first-order chi connectivity index (χ1) is 10.7. The third-order valence-corrected chi connectivity index (χ3v) is 4.86. The molecule has 0 atom stereocenters. The molecule has 0 aromatic carbocycles. The number of thiophene rings is 1. The number of rotatable bonds is 5. The van der Waals surface area contributed by atoms with Crippen molar-refractivity contribution in [3.8, 4) is 0 Å². The second-order valence-corrected chi connectivity index (χ2v) is 7.54. The van der Waals surface area contributed by atoms with Crippen LogP contribution in [-0.4, -0.2) is 22.9 Å². The predicted octanol–water partition coefficient (Wildman–Crippen LogP) is 4.40. The first kappa shape index (κ1) is 17.5. The smallest absolute Gasteiger partial charge is 0.339 e. The molecule has 4 nitrogen and oxygen atoms in total. The first-order valence-corrected chi connectivity index (χ1v) is 8.49. The van der Waals surface area contributed by atoms with Crippen molar-refractivity contribution in [1.82, 2.24) is 4.57 Å². The molecule has 0 spiro atoms. The molecule has 2 heterocycles. The van der Waals surface area contributed by atoms with Gasteiger partial charge in [0.05, 0.1) is 5.56 Å². The van der Waals surface area contributed by atoms with E-state index in [1.54, 1.807) is 17.4 Å². The van der Waals surface area contributed by atoms with Gasteiger partial charge in [-0.1, -0.05) is 0 Å². The van der Waals surface area contributed by atoms with Crippen LogP contribution in [0, 0.1) is 27.7 Å². The van der Waals surface area contributed by atoms with Gasteiger partial charge in [0.25, 0.3) is 0 Å². The lowest BCUT2D eigenvalue weighted by molar-refractivity contribution is 0.0474. The van der Waals surface area contributed by atoms with Gasteiger partial charge >= 0.3 is 5.97 Å². The molecule has 2 aromatic heterocycles. The molecular formula is C18H23NO3S. The van der Waals surface area contributed by atoms with Crippen molar-refractivity contribution < 1.29 is 14.3 Å². The Balaban J connectivity index is 2.10. The summed E-state index contributed by atoms with van der Waals surface area (Å²) in [5.41, 5.74) is 3.13. The fourth-order valence-corrected chi connectivity index (χ4v) is 3.89. The Morgan fingerprint density at radius 3 is 2.26 bits per heavy atom. The number of ether oxygens (including phenoxy) is 1. The molecule has 0 saturated carbocycles. The van der Waals surface area contributed by atoms with Gasteiger partial charge in [-0.05, 0) is 53.7 Å². The Morgan fingerprint density at radius 1 is 1.13 bits per heavy atom. The molecule has 2 aromatic rings. The van der Waals surface area contributed by atoms with E-state index in [1.165, 1.54) is 0 Å². The number of carbonyl (C=O) groups excluding carboxylic acids is 2. The highest BCUT2D eigenvalue weighted by Gasteiger charge is 2.20. The second kappa shape index (κ2) is 6.71. The van der Waals surface area contributed by atoms with Crippen LogP contribution in [0.25, 0.3) is 0 Å². The lowest BCUT2D eigenvalue weighted by Crippen LogP contribution is -2.15. The average Bonchev–Trinajstić information content (AvgIpc) is 2.94. The molecule has 0 unspecified atom stereocenters. The van der Waals surface area contributed by atoms with Crippen molar-refractivity contribution in [3.63, 3.8) is 0 Å². The normalized spacial score (nSPS) is 11.1. The van der Waals surface area contributed by atoms with Gasteiger partial charge in [-0.15, -0.1) is 11.3 Å². The molecule has 0 saturated heterocycles. The van der Waals surface area contributed by atoms with Crippen LogP contribution in [-0.2, 0) is 4.74 Å². The highest BCUT2D eigenvalue weighted by atomic mass is 32.1. The zero-order valence-corrected chi connectivity index (χ0v) is 15.3. The van der Waals surface area contributed by atoms with Gasteiger partial charge in [0.1, 0.15) is 0 Å². The van der Waals surface area contributed by atoms with Crippen molar-refractivity contribution in [3.05, 3.63) is 44.4 Å². The monoisotopic (exact) mass is 333 g/mol. The van der Waals surface area contributed by atoms with Gasteiger partial charge in [-0.25, -0.2) is 4.79 Å². The van der Waals surface area contributed by atoms with E-state index >= 15 is 0 Å².